The van der Waals surface area contributed by atoms with E-state index in [4.69, 9.17) is 0 Å². The van der Waals surface area contributed by atoms with Crippen molar-refractivity contribution in [3.63, 3.8) is 0 Å². The van der Waals surface area contributed by atoms with Crippen molar-refractivity contribution in [2.75, 3.05) is 11.9 Å². The number of aryl methyl sites for hydroxylation is 1. The third-order valence-electron chi connectivity index (χ3n) is 4.34. The van der Waals surface area contributed by atoms with Gasteiger partial charge in [-0.25, -0.2) is 0 Å². The number of carbonyl (C=O) groups excluding carboxylic acids is 2. The molecule has 122 valence electrons. The monoisotopic (exact) mass is 306 g/mol. The minimum Gasteiger partial charge on any atom is -0.388 e. The van der Waals surface area contributed by atoms with Gasteiger partial charge in [-0.1, -0.05) is 32.4 Å². The van der Waals surface area contributed by atoms with E-state index in [9.17, 15) is 14.7 Å². The van der Waals surface area contributed by atoms with Gasteiger partial charge in [-0.05, 0) is 43.9 Å². The number of carbonyl (C=O) groups is 2. The van der Waals surface area contributed by atoms with E-state index in [2.05, 4.69) is 10.6 Å². The maximum absolute atomic E-state index is 11.9. The van der Waals surface area contributed by atoms with Gasteiger partial charge >= 0.3 is 11.8 Å². The van der Waals surface area contributed by atoms with Gasteiger partial charge in [0.15, 0.2) is 0 Å². The summed E-state index contributed by atoms with van der Waals surface area (Å²) < 4.78 is 0. The second kappa shape index (κ2) is 7.40. The molecule has 1 aromatic carbocycles. The number of hydrogen-bond donors (Lipinski definition) is 3. The van der Waals surface area contributed by atoms with Gasteiger partial charge in [-0.15, -0.1) is 0 Å². The van der Waals surface area contributed by atoms with Crippen molar-refractivity contribution in [3.8, 4) is 0 Å². The highest BCUT2D eigenvalue weighted by molar-refractivity contribution is 6.39. The summed E-state index contributed by atoms with van der Waals surface area (Å²) >= 11 is 0. The molecule has 0 aliphatic rings. The fourth-order valence-corrected chi connectivity index (χ4v) is 2.02. The fraction of sp³-hybridized carbons (Fsp3) is 0.529. The van der Waals surface area contributed by atoms with E-state index in [1.807, 2.05) is 39.8 Å². The van der Waals surface area contributed by atoms with Crippen LogP contribution in [0.1, 0.15) is 38.3 Å². The number of hydrogen-bond acceptors (Lipinski definition) is 3. The highest BCUT2D eigenvalue weighted by Gasteiger charge is 2.28. The zero-order chi connectivity index (χ0) is 16.9. The van der Waals surface area contributed by atoms with Crippen LogP contribution < -0.4 is 10.6 Å². The Hall–Kier alpha value is -1.88. The van der Waals surface area contributed by atoms with Crippen LogP contribution in [0.2, 0.25) is 0 Å². The van der Waals surface area contributed by atoms with E-state index in [1.165, 1.54) is 0 Å². The zero-order valence-electron chi connectivity index (χ0n) is 14.0. The van der Waals surface area contributed by atoms with E-state index < -0.39 is 17.4 Å². The number of benzene rings is 1. The predicted octanol–water partition coefficient (Wildman–Crippen LogP) is 2.16. The van der Waals surface area contributed by atoms with Gasteiger partial charge in [0.2, 0.25) is 0 Å². The van der Waals surface area contributed by atoms with E-state index in [1.54, 1.807) is 13.0 Å². The second-order valence-electron chi connectivity index (χ2n) is 6.05. The van der Waals surface area contributed by atoms with Crippen molar-refractivity contribution in [2.24, 2.45) is 5.92 Å². The lowest BCUT2D eigenvalue weighted by Gasteiger charge is -2.29. The third-order valence-corrected chi connectivity index (χ3v) is 4.34. The molecule has 2 atom stereocenters. The molecule has 0 radical (unpaired) electrons. The summed E-state index contributed by atoms with van der Waals surface area (Å²) in [4.78, 5) is 23.8. The molecule has 1 rings (SSSR count). The lowest BCUT2D eigenvalue weighted by atomic mass is 9.89. The van der Waals surface area contributed by atoms with Crippen LogP contribution in [-0.4, -0.2) is 29.1 Å². The van der Waals surface area contributed by atoms with Crippen LogP contribution in [0.15, 0.2) is 18.2 Å². The van der Waals surface area contributed by atoms with E-state index in [-0.39, 0.29) is 12.5 Å². The second-order valence-corrected chi connectivity index (χ2v) is 6.05. The summed E-state index contributed by atoms with van der Waals surface area (Å²) in [5, 5.41) is 15.3. The molecule has 0 aliphatic carbocycles. The largest absolute Gasteiger partial charge is 0.388 e. The average molecular weight is 306 g/mol. The Morgan fingerprint density at radius 2 is 1.91 bits per heavy atom. The summed E-state index contributed by atoms with van der Waals surface area (Å²) in [5.41, 5.74) is 1.55. The number of aliphatic hydroxyl groups is 1. The standard InChI is InChI=1S/C17H26N2O3/c1-6-12(3)17(5,22)10-18-15(20)16(21)19-14-9-7-8-11(2)13(14)4/h7-9,12,22H,6,10H2,1-5H3,(H,18,20)(H,19,21)/t12-,17-/m0/s1. The van der Waals surface area contributed by atoms with E-state index in [0.29, 0.717) is 5.69 Å². The van der Waals surface area contributed by atoms with Gasteiger partial charge in [-0.3, -0.25) is 9.59 Å². The van der Waals surface area contributed by atoms with E-state index in [0.717, 1.165) is 17.5 Å². The summed E-state index contributed by atoms with van der Waals surface area (Å²) in [5.74, 6) is -1.45. The quantitative estimate of drug-likeness (QED) is 0.729. The molecule has 5 nitrogen and oxygen atoms in total. The number of anilines is 1. The summed E-state index contributed by atoms with van der Waals surface area (Å²) in [7, 11) is 0. The summed E-state index contributed by atoms with van der Waals surface area (Å²) in [6, 6.07) is 5.51. The highest BCUT2D eigenvalue weighted by atomic mass is 16.3. The first-order chi connectivity index (χ1) is 10.2. The first-order valence-electron chi connectivity index (χ1n) is 7.56. The average Bonchev–Trinajstić information content (AvgIpc) is 2.48. The molecule has 0 aromatic heterocycles. The Balaban J connectivity index is 2.63. The fourth-order valence-electron chi connectivity index (χ4n) is 2.02. The SMILES string of the molecule is CC[C@H](C)[C@@](C)(O)CNC(=O)C(=O)Nc1cccc(C)c1C. The molecular weight excluding hydrogens is 280 g/mol. The lowest BCUT2D eigenvalue weighted by molar-refractivity contribution is -0.137. The molecule has 0 saturated heterocycles. The van der Waals surface area contributed by atoms with Crippen molar-refractivity contribution in [1.29, 1.82) is 0 Å². The van der Waals surface area contributed by atoms with Gasteiger partial charge in [0.25, 0.3) is 0 Å². The predicted molar refractivity (Wildman–Crippen MR) is 87.6 cm³/mol. The van der Waals surface area contributed by atoms with Gasteiger partial charge in [0.1, 0.15) is 0 Å². The Bertz CT molecular complexity index is 553. The number of nitrogens with one attached hydrogen (secondary N) is 2. The Kier molecular flexibility index (Phi) is 6.11. The molecule has 2 amide bonds. The molecule has 0 bridgehead atoms. The molecule has 22 heavy (non-hydrogen) atoms. The molecule has 0 aliphatic heterocycles. The maximum atomic E-state index is 11.9. The topological polar surface area (TPSA) is 78.4 Å². The molecule has 0 unspecified atom stereocenters. The maximum Gasteiger partial charge on any atom is 0.313 e. The van der Waals surface area contributed by atoms with Crippen LogP contribution in [0, 0.1) is 19.8 Å². The minimum atomic E-state index is -1.04. The van der Waals surface area contributed by atoms with Crippen molar-refractivity contribution >= 4 is 17.5 Å². The smallest absolute Gasteiger partial charge is 0.313 e. The van der Waals surface area contributed by atoms with Crippen LogP contribution in [0.4, 0.5) is 5.69 Å². The van der Waals surface area contributed by atoms with Crippen LogP contribution >= 0.6 is 0 Å². The number of rotatable bonds is 5. The lowest BCUT2D eigenvalue weighted by Crippen LogP contribution is -2.47. The molecule has 5 heteroatoms. The molecular formula is C17H26N2O3. The molecule has 1 aromatic rings. The molecule has 0 heterocycles. The zero-order valence-corrected chi connectivity index (χ0v) is 14.0. The van der Waals surface area contributed by atoms with Gasteiger partial charge in [0, 0.05) is 12.2 Å². The molecule has 0 fully saturated rings. The molecule has 0 saturated carbocycles. The van der Waals surface area contributed by atoms with Crippen molar-refractivity contribution < 1.29 is 14.7 Å². The van der Waals surface area contributed by atoms with Crippen molar-refractivity contribution in [3.05, 3.63) is 29.3 Å². The van der Waals surface area contributed by atoms with Gasteiger partial charge in [-0.2, -0.15) is 0 Å². The van der Waals surface area contributed by atoms with Crippen molar-refractivity contribution in [1.82, 2.24) is 5.32 Å². The van der Waals surface area contributed by atoms with Crippen LogP contribution in [0.5, 0.6) is 0 Å². The molecule has 0 spiro atoms. The van der Waals surface area contributed by atoms with Crippen LogP contribution in [-0.2, 0) is 9.59 Å². The normalized spacial score (nSPS) is 14.8. The number of amides is 2. The summed E-state index contributed by atoms with van der Waals surface area (Å²) in [6.07, 6.45) is 0.789. The highest BCUT2D eigenvalue weighted by Crippen LogP contribution is 2.19. The summed E-state index contributed by atoms with van der Waals surface area (Å²) in [6.45, 7) is 9.40. The van der Waals surface area contributed by atoms with Crippen LogP contribution in [0.3, 0.4) is 0 Å². The third kappa shape index (κ3) is 4.56. The molecule has 3 N–H and O–H groups in total. The van der Waals surface area contributed by atoms with E-state index >= 15 is 0 Å². The first kappa shape index (κ1) is 18.2. The Labute approximate surface area is 132 Å². The van der Waals surface area contributed by atoms with Gasteiger partial charge in [0.05, 0.1) is 5.60 Å². The van der Waals surface area contributed by atoms with Crippen molar-refractivity contribution in [2.45, 2.75) is 46.6 Å². The first-order valence-corrected chi connectivity index (χ1v) is 7.56. The minimum absolute atomic E-state index is 0.0230. The van der Waals surface area contributed by atoms with Gasteiger partial charge < -0.3 is 15.7 Å². The Morgan fingerprint density at radius 1 is 1.27 bits per heavy atom. The Morgan fingerprint density at radius 3 is 2.50 bits per heavy atom. The van der Waals surface area contributed by atoms with Crippen LogP contribution in [0.25, 0.3) is 0 Å².